The molecule has 24 heavy (non-hydrogen) atoms. The SMILES string of the molecule is CCOC=O.c1ccc(COc2ccc(-c3cc[nH]c3)cc2)cc1. The number of carbonyl (C=O) groups excluding carboxylic acids is 1. The zero-order valence-corrected chi connectivity index (χ0v) is 13.6. The summed E-state index contributed by atoms with van der Waals surface area (Å²) in [5, 5.41) is 0. The maximum atomic E-state index is 9.18. The van der Waals surface area contributed by atoms with E-state index in [4.69, 9.17) is 4.74 Å². The molecule has 0 aliphatic carbocycles. The zero-order chi connectivity index (χ0) is 17.0. The lowest BCUT2D eigenvalue weighted by atomic mass is 10.1. The summed E-state index contributed by atoms with van der Waals surface area (Å²) in [4.78, 5) is 12.2. The molecule has 0 aliphatic rings. The van der Waals surface area contributed by atoms with Gasteiger partial charge in [-0.25, -0.2) is 0 Å². The van der Waals surface area contributed by atoms with Crippen LogP contribution in [0, 0.1) is 0 Å². The number of ether oxygens (including phenoxy) is 2. The van der Waals surface area contributed by atoms with Crippen molar-refractivity contribution >= 4 is 6.47 Å². The maximum absolute atomic E-state index is 9.18. The summed E-state index contributed by atoms with van der Waals surface area (Å²) < 4.78 is 9.91. The van der Waals surface area contributed by atoms with Crippen LogP contribution in [0.4, 0.5) is 0 Å². The molecule has 124 valence electrons. The molecule has 0 bridgehead atoms. The Morgan fingerprint density at radius 3 is 2.25 bits per heavy atom. The fraction of sp³-hybridized carbons (Fsp3) is 0.150. The zero-order valence-electron chi connectivity index (χ0n) is 13.6. The summed E-state index contributed by atoms with van der Waals surface area (Å²) in [6.45, 7) is 3.27. The highest BCUT2D eigenvalue weighted by atomic mass is 16.5. The molecule has 1 N–H and O–H groups in total. The van der Waals surface area contributed by atoms with Crippen molar-refractivity contribution in [1.29, 1.82) is 0 Å². The van der Waals surface area contributed by atoms with Gasteiger partial charge in [-0.1, -0.05) is 42.5 Å². The highest BCUT2D eigenvalue weighted by Crippen LogP contribution is 2.22. The minimum absolute atomic E-state index is 0.431. The molecular weight excluding hydrogens is 302 g/mol. The molecule has 0 unspecified atom stereocenters. The molecular formula is C20H21NO3. The molecule has 0 radical (unpaired) electrons. The second-order valence-corrected chi connectivity index (χ2v) is 4.95. The van der Waals surface area contributed by atoms with E-state index in [0.29, 0.717) is 19.7 Å². The van der Waals surface area contributed by atoms with Gasteiger partial charge in [0.15, 0.2) is 0 Å². The van der Waals surface area contributed by atoms with Crippen molar-refractivity contribution in [2.75, 3.05) is 6.61 Å². The van der Waals surface area contributed by atoms with Gasteiger partial charge in [0, 0.05) is 12.4 Å². The van der Waals surface area contributed by atoms with Gasteiger partial charge in [0.2, 0.25) is 0 Å². The number of aromatic amines is 1. The molecule has 0 atom stereocenters. The van der Waals surface area contributed by atoms with Crippen LogP contribution in [0.2, 0.25) is 0 Å². The molecule has 3 aromatic rings. The Kier molecular flexibility index (Phi) is 7.15. The van der Waals surface area contributed by atoms with Gasteiger partial charge in [-0.05, 0) is 41.8 Å². The molecule has 2 aromatic carbocycles. The largest absolute Gasteiger partial charge is 0.489 e. The Morgan fingerprint density at radius 2 is 1.71 bits per heavy atom. The molecule has 0 saturated heterocycles. The molecule has 1 heterocycles. The van der Waals surface area contributed by atoms with Crippen LogP contribution in [0.1, 0.15) is 12.5 Å². The molecule has 3 rings (SSSR count). The smallest absolute Gasteiger partial charge is 0.293 e. The van der Waals surface area contributed by atoms with Crippen LogP contribution in [0.25, 0.3) is 11.1 Å². The highest BCUT2D eigenvalue weighted by molar-refractivity contribution is 5.63. The lowest BCUT2D eigenvalue weighted by molar-refractivity contribution is -0.128. The average molecular weight is 323 g/mol. The monoisotopic (exact) mass is 323 g/mol. The Morgan fingerprint density at radius 1 is 0.958 bits per heavy atom. The predicted molar refractivity (Wildman–Crippen MR) is 94.7 cm³/mol. The first-order valence-corrected chi connectivity index (χ1v) is 7.78. The maximum Gasteiger partial charge on any atom is 0.293 e. The second kappa shape index (κ2) is 9.90. The molecule has 0 fully saturated rings. The average Bonchev–Trinajstić information content (AvgIpc) is 3.17. The Bertz CT molecular complexity index is 692. The third-order valence-electron chi connectivity index (χ3n) is 3.27. The summed E-state index contributed by atoms with van der Waals surface area (Å²) >= 11 is 0. The van der Waals surface area contributed by atoms with E-state index in [1.165, 1.54) is 16.7 Å². The van der Waals surface area contributed by atoms with Crippen molar-refractivity contribution in [3.8, 4) is 16.9 Å². The van der Waals surface area contributed by atoms with Crippen LogP contribution in [-0.4, -0.2) is 18.1 Å². The Labute approximate surface area is 142 Å². The normalized spacial score (nSPS) is 9.54. The molecule has 0 amide bonds. The van der Waals surface area contributed by atoms with Crippen LogP contribution in [0.15, 0.2) is 73.1 Å². The lowest BCUT2D eigenvalue weighted by Gasteiger charge is -2.07. The van der Waals surface area contributed by atoms with Crippen LogP contribution in [-0.2, 0) is 16.1 Å². The number of rotatable bonds is 6. The molecule has 4 nitrogen and oxygen atoms in total. The number of aromatic nitrogens is 1. The number of benzene rings is 2. The molecule has 4 heteroatoms. The standard InChI is InChI=1S/C17H15NO.C3H6O2/c1-2-4-14(5-3-1)13-19-17-8-6-15(7-9-17)16-10-11-18-12-16;1-2-5-3-4/h1-12,18H,13H2;3H,2H2,1H3. The van der Waals surface area contributed by atoms with E-state index in [2.05, 4.69) is 40.1 Å². The van der Waals surface area contributed by atoms with Gasteiger partial charge in [-0.3, -0.25) is 4.79 Å². The van der Waals surface area contributed by atoms with Crippen molar-refractivity contribution in [3.63, 3.8) is 0 Å². The number of nitrogens with one attached hydrogen (secondary N) is 1. The fourth-order valence-electron chi connectivity index (χ4n) is 2.06. The first-order chi connectivity index (χ1) is 11.8. The van der Waals surface area contributed by atoms with Gasteiger partial charge in [0.25, 0.3) is 6.47 Å². The van der Waals surface area contributed by atoms with Crippen molar-refractivity contribution in [2.24, 2.45) is 0 Å². The number of hydrogen-bond donors (Lipinski definition) is 1. The minimum Gasteiger partial charge on any atom is -0.489 e. The van der Waals surface area contributed by atoms with Gasteiger partial charge in [-0.2, -0.15) is 0 Å². The Balaban J connectivity index is 0.000000368. The van der Waals surface area contributed by atoms with E-state index in [-0.39, 0.29) is 0 Å². The van der Waals surface area contributed by atoms with Crippen LogP contribution >= 0.6 is 0 Å². The van der Waals surface area contributed by atoms with Crippen LogP contribution in [0.5, 0.6) is 5.75 Å². The Hall–Kier alpha value is -3.01. The summed E-state index contributed by atoms with van der Waals surface area (Å²) in [6.07, 6.45) is 3.91. The number of carbonyl (C=O) groups is 1. The minimum atomic E-state index is 0.431. The van der Waals surface area contributed by atoms with Gasteiger partial charge in [0.1, 0.15) is 12.4 Å². The molecule has 0 aliphatic heterocycles. The lowest BCUT2D eigenvalue weighted by Crippen LogP contribution is -1.94. The first-order valence-electron chi connectivity index (χ1n) is 7.78. The van der Waals surface area contributed by atoms with Crippen molar-refractivity contribution in [3.05, 3.63) is 78.6 Å². The van der Waals surface area contributed by atoms with Gasteiger partial charge >= 0.3 is 0 Å². The van der Waals surface area contributed by atoms with E-state index in [0.717, 1.165) is 5.75 Å². The molecule has 0 spiro atoms. The topological polar surface area (TPSA) is 51.3 Å². The van der Waals surface area contributed by atoms with Gasteiger partial charge in [0.05, 0.1) is 6.61 Å². The number of hydrogen-bond acceptors (Lipinski definition) is 3. The first kappa shape index (κ1) is 17.3. The second-order valence-electron chi connectivity index (χ2n) is 4.95. The van der Waals surface area contributed by atoms with E-state index in [1.54, 1.807) is 6.92 Å². The predicted octanol–water partition coefficient (Wildman–Crippen LogP) is 4.44. The molecule has 1 aromatic heterocycles. The van der Waals surface area contributed by atoms with Crippen molar-refractivity contribution in [2.45, 2.75) is 13.5 Å². The summed E-state index contributed by atoms with van der Waals surface area (Å²) in [5.74, 6) is 0.892. The van der Waals surface area contributed by atoms with Crippen molar-refractivity contribution < 1.29 is 14.3 Å². The van der Waals surface area contributed by atoms with E-state index >= 15 is 0 Å². The van der Waals surface area contributed by atoms with Crippen LogP contribution < -0.4 is 4.74 Å². The quantitative estimate of drug-likeness (QED) is 0.682. The van der Waals surface area contributed by atoms with Crippen LogP contribution in [0.3, 0.4) is 0 Å². The summed E-state index contributed by atoms with van der Waals surface area (Å²) in [5.41, 5.74) is 3.56. The van der Waals surface area contributed by atoms with Gasteiger partial charge < -0.3 is 14.5 Å². The number of H-pyrrole nitrogens is 1. The highest BCUT2D eigenvalue weighted by Gasteiger charge is 1.99. The summed E-state index contributed by atoms with van der Waals surface area (Å²) in [7, 11) is 0. The van der Waals surface area contributed by atoms with Crippen molar-refractivity contribution in [1.82, 2.24) is 4.98 Å². The third kappa shape index (κ3) is 5.65. The third-order valence-corrected chi connectivity index (χ3v) is 3.27. The van der Waals surface area contributed by atoms with E-state index in [9.17, 15) is 4.79 Å². The molecule has 0 saturated carbocycles. The van der Waals surface area contributed by atoms with Gasteiger partial charge in [-0.15, -0.1) is 0 Å². The van der Waals surface area contributed by atoms with E-state index in [1.807, 2.05) is 42.7 Å². The van der Waals surface area contributed by atoms with E-state index < -0.39 is 0 Å². The summed E-state index contributed by atoms with van der Waals surface area (Å²) in [6, 6.07) is 20.4. The fourth-order valence-corrected chi connectivity index (χ4v) is 2.06.